The lowest BCUT2D eigenvalue weighted by Gasteiger charge is -2.19. The first-order chi connectivity index (χ1) is 14.7. The van der Waals surface area contributed by atoms with Gasteiger partial charge in [-0.05, 0) is 62.7 Å². The lowest BCUT2D eigenvalue weighted by atomic mass is 10.1. The average molecular weight is 394 g/mol. The number of benzene rings is 3. The van der Waals surface area contributed by atoms with Gasteiger partial charge < -0.3 is 4.57 Å². The van der Waals surface area contributed by atoms with Crippen LogP contribution in [0.4, 0.5) is 5.69 Å². The van der Waals surface area contributed by atoms with Crippen LogP contribution in [0.5, 0.6) is 0 Å². The lowest BCUT2D eigenvalue weighted by molar-refractivity contribution is 0.827. The highest BCUT2D eigenvalue weighted by Crippen LogP contribution is 2.29. The van der Waals surface area contributed by atoms with Crippen molar-refractivity contribution in [3.8, 4) is 0 Å². The summed E-state index contributed by atoms with van der Waals surface area (Å²) in [4.78, 5) is 0. The molecular weight excluding hydrogens is 366 g/mol. The maximum Gasteiger partial charge on any atom is 0.0648 e. The third kappa shape index (κ3) is 3.79. The van der Waals surface area contributed by atoms with E-state index in [1.54, 1.807) is 0 Å². The van der Waals surface area contributed by atoms with Crippen LogP contribution in [0.25, 0.3) is 21.8 Å². The molecule has 150 valence electrons. The molecule has 1 heterocycles. The highest BCUT2D eigenvalue weighted by atomic mass is 15.5. The number of nitrogens with zero attached hydrogens (tertiary/aromatic N) is 3. The second kappa shape index (κ2) is 8.83. The average Bonchev–Trinajstić information content (AvgIpc) is 3.11. The molecule has 0 unspecified atom stereocenters. The van der Waals surface area contributed by atoms with Crippen LogP contribution in [0.3, 0.4) is 0 Å². The van der Waals surface area contributed by atoms with Gasteiger partial charge in [-0.15, -0.1) is 0 Å². The highest BCUT2D eigenvalue weighted by Gasteiger charge is 2.10. The topological polar surface area (TPSA) is 20.5 Å². The van der Waals surface area contributed by atoms with E-state index in [9.17, 15) is 0 Å². The van der Waals surface area contributed by atoms with E-state index < -0.39 is 0 Å². The van der Waals surface area contributed by atoms with Gasteiger partial charge in [-0.2, -0.15) is 5.10 Å². The van der Waals surface area contributed by atoms with Gasteiger partial charge in [-0.3, -0.25) is 0 Å². The highest BCUT2D eigenvalue weighted by molar-refractivity contribution is 6.09. The molecule has 0 fully saturated rings. The van der Waals surface area contributed by atoms with Gasteiger partial charge in [0.1, 0.15) is 0 Å². The zero-order valence-corrected chi connectivity index (χ0v) is 17.8. The Balaban J connectivity index is 1.76. The van der Waals surface area contributed by atoms with Crippen molar-refractivity contribution in [2.45, 2.75) is 27.3 Å². The Morgan fingerprint density at radius 1 is 0.933 bits per heavy atom. The normalized spacial score (nSPS) is 12.6. The molecule has 0 aliphatic carbocycles. The molecule has 0 N–H and O–H groups in total. The number of hydrogen-bond donors (Lipinski definition) is 0. The molecule has 0 saturated carbocycles. The monoisotopic (exact) mass is 393 g/mol. The number of anilines is 1. The standard InChI is InChI=1S/C27H27N3/c1-4-6-12-21(3)30(23-13-8-7-9-14-23)28-20-22-17-18-27-25(19-22)24-15-10-11-16-26(24)29(27)5-2/h4,6-20H,5H2,1-3H3. The Bertz CT molecular complexity index is 1240. The summed E-state index contributed by atoms with van der Waals surface area (Å²) in [5, 5.41) is 9.36. The van der Waals surface area contributed by atoms with Crippen molar-refractivity contribution < 1.29 is 0 Å². The number of hydrazone groups is 1. The van der Waals surface area contributed by atoms with Crippen LogP contribution >= 0.6 is 0 Å². The number of para-hydroxylation sites is 2. The van der Waals surface area contributed by atoms with Crippen molar-refractivity contribution in [1.82, 2.24) is 4.57 Å². The first kappa shape index (κ1) is 19.7. The van der Waals surface area contributed by atoms with Gasteiger partial charge >= 0.3 is 0 Å². The van der Waals surface area contributed by atoms with Crippen molar-refractivity contribution in [3.05, 3.63) is 102 Å². The summed E-state index contributed by atoms with van der Waals surface area (Å²) in [5.74, 6) is 0. The number of fused-ring (bicyclic) bond motifs is 3. The van der Waals surface area contributed by atoms with E-state index in [-0.39, 0.29) is 0 Å². The van der Waals surface area contributed by atoms with Gasteiger partial charge in [0.05, 0.1) is 11.9 Å². The zero-order valence-electron chi connectivity index (χ0n) is 17.8. The fourth-order valence-corrected chi connectivity index (χ4v) is 3.85. The summed E-state index contributed by atoms with van der Waals surface area (Å²) in [6.07, 6.45) is 8.07. The first-order valence-electron chi connectivity index (χ1n) is 10.4. The fourth-order valence-electron chi connectivity index (χ4n) is 3.85. The molecule has 3 aromatic carbocycles. The third-order valence-electron chi connectivity index (χ3n) is 5.30. The van der Waals surface area contributed by atoms with Crippen LogP contribution in [-0.4, -0.2) is 10.8 Å². The second-order valence-electron chi connectivity index (χ2n) is 7.26. The van der Waals surface area contributed by atoms with E-state index in [0.717, 1.165) is 23.5 Å². The number of aryl methyl sites for hydroxylation is 1. The second-order valence-corrected chi connectivity index (χ2v) is 7.26. The quantitative estimate of drug-likeness (QED) is 0.194. The molecule has 4 rings (SSSR count). The summed E-state index contributed by atoms with van der Waals surface area (Å²) in [7, 11) is 0. The molecule has 4 aromatic rings. The van der Waals surface area contributed by atoms with E-state index in [1.165, 1.54) is 21.8 Å². The van der Waals surface area contributed by atoms with Gasteiger partial charge in [-0.25, -0.2) is 5.01 Å². The molecule has 3 nitrogen and oxygen atoms in total. The van der Waals surface area contributed by atoms with Crippen molar-refractivity contribution in [1.29, 1.82) is 0 Å². The van der Waals surface area contributed by atoms with Crippen LogP contribution in [-0.2, 0) is 6.54 Å². The predicted molar refractivity (Wildman–Crippen MR) is 130 cm³/mol. The summed E-state index contributed by atoms with van der Waals surface area (Å²) >= 11 is 0. The van der Waals surface area contributed by atoms with E-state index in [1.807, 2.05) is 48.5 Å². The predicted octanol–water partition coefficient (Wildman–Crippen LogP) is 7.13. The third-order valence-corrected chi connectivity index (χ3v) is 5.30. The molecule has 0 radical (unpaired) electrons. The van der Waals surface area contributed by atoms with Crippen LogP contribution in [0, 0.1) is 0 Å². The maximum atomic E-state index is 4.83. The summed E-state index contributed by atoms with van der Waals surface area (Å²) in [6.45, 7) is 7.23. The van der Waals surface area contributed by atoms with Crippen LogP contribution in [0.2, 0.25) is 0 Å². The minimum atomic E-state index is 0.953. The Kier molecular flexibility index (Phi) is 5.80. The molecule has 0 spiro atoms. The number of aromatic nitrogens is 1. The Hall–Kier alpha value is -3.59. The maximum absolute atomic E-state index is 4.83. The van der Waals surface area contributed by atoms with Crippen molar-refractivity contribution in [2.24, 2.45) is 5.10 Å². The van der Waals surface area contributed by atoms with Gasteiger partial charge in [0, 0.05) is 34.0 Å². The molecule has 1 aromatic heterocycles. The number of allylic oxidation sites excluding steroid dienone is 4. The Morgan fingerprint density at radius 3 is 2.43 bits per heavy atom. The lowest BCUT2D eigenvalue weighted by Crippen LogP contribution is -2.13. The number of hydrogen-bond acceptors (Lipinski definition) is 2. The van der Waals surface area contributed by atoms with Crippen molar-refractivity contribution in [3.63, 3.8) is 0 Å². The molecule has 0 amide bonds. The molecule has 0 saturated heterocycles. The molecular formula is C27H27N3. The minimum Gasteiger partial charge on any atom is -0.341 e. The zero-order chi connectivity index (χ0) is 20.9. The molecule has 3 heteroatoms. The van der Waals surface area contributed by atoms with Gasteiger partial charge in [0.15, 0.2) is 0 Å². The summed E-state index contributed by atoms with van der Waals surface area (Å²) < 4.78 is 2.37. The largest absolute Gasteiger partial charge is 0.341 e. The van der Waals surface area contributed by atoms with Crippen LogP contribution in [0.15, 0.2) is 102 Å². The van der Waals surface area contributed by atoms with Gasteiger partial charge in [0.25, 0.3) is 0 Å². The SMILES string of the molecule is CC=CC=C(C)N(N=Cc1ccc2c(c1)c1ccccc1n2CC)c1ccccc1. The van der Waals surface area contributed by atoms with Gasteiger partial charge in [-0.1, -0.05) is 54.6 Å². The minimum absolute atomic E-state index is 0.953. The van der Waals surface area contributed by atoms with E-state index in [0.29, 0.717) is 0 Å². The molecule has 0 bridgehead atoms. The smallest absolute Gasteiger partial charge is 0.0648 e. The fraction of sp³-hybridized carbons (Fsp3) is 0.148. The van der Waals surface area contributed by atoms with E-state index in [2.05, 4.69) is 79.1 Å². The molecule has 30 heavy (non-hydrogen) atoms. The summed E-state index contributed by atoms with van der Waals surface area (Å²) in [5.41, 5.74) is 5.72. The van der Waals surface area contributed by atoms with Gasteiger partial charge in [0.2, 0.25) is 0 Å². The first-order valence-corrected chi connectivity index (χ1v) is 10.4. The van der Waals surface area contributed by atoms with Crippen LogP contribution < -0.4 is 5.01 Å². The molecule has 0 atom stereocenters. The summed E-state index contributed by atoms with van der Waals surface area (Å²) in [6, 6.07) is 25.4. The Morgan fingerprint density at radius 2 is 1.67 bits per heavy atom. The van der Waals surface area contributed by atoms with Crippen molar-refractivity contribution >= 4 is 33.7 Å². The molecule has 0 aliphatic heterocycles. The molecule has 0 aliphatic rings. The van der Waals surface area contributed by atoms with E-state index in [4.69, 9.17) is 5.10 Å². The van der Waals surface area contributed by atoms with Crippen LogP contribution in [0.1, 0.15) is 26.3 Å². The van der Waals surface area contributed by atoms with Crippen molar-refractivity contribution in [2.75, 3.05) is 5.01 Å². The Labute approximate surface area is 178 Å². The number of rotatable bonds is 6. The van der Waals surface area contributed by atoms with E-state index >= 15 is 0 Å².